The number of carbonyl (C=O) groups is 1. The van der Waals surface area contributed by atoms with Crippen LogP contribution in [0.3, 0.4) is 0 Å². The van der Waals surface area contributed by atoms with E-state index in [4.69, 9.17) is 17.0 Å². The molecular formula is C17H25NO2S. The number of carbonyl (C=O) groups excluding carboxylic acids is 1. The molecule has 0 saturated heterocycles. The molecule has 0 heterocycles. The highest BCUT2D eigenvalue weighted by molar-refractivity contribution is 7.80. The van der Waals surface area contributed by atoms with E-state index in [0.717, 1.165) is 18.7 Å². The number of rotatable bonds is 7. The first-order chi connectivity index (χ1) is 9.97. The summed E-state index contributed by atoms with van der Waals surface area (Å²) in [6, 6.07) is 8.25. The minimum Gasteiger partial charge on any atom is -0.470 e. The molecule has 0 spiro atoms. The number of hydrogen-bond acceptors (Lipinski definition) is 3. The van der Waals surface area contributed by atoms with Gasteiger partial charge in [0.1, 0.15) is 12.4 Å². The van der Waals surface area contributed by atoms with E-state index < -0.39 is 0 Å². The Kier molecular flexibility index (Phi) is 7.37. The Bertz CT molecular complexity index is 466. The third-order valence-electron chi connectivity index (χ3n) is 3.61. The maximum Gasteiger partial charge on any atom is 0.259 e. The number of Topliss-reactive ketones (excluding diaryl/α,β-unsaturated/α-hetero) is 1. The van der Waals surface area contributed by atoms with Gasteiger partial charge in [-0.2, -0.15) is 0 Å². The molecule has 3 nitrogen and oxygen atoms in total. The quantitative estimate of drug-likeness (QED) is 0.722. The van der Waals surface area contributed by atoms with Crippen molar-refractivity contribution in [2.45, 2.75) is 34.1 Å². The van der Waals surface area contributed by atoms with Gasteiger partial charge in [-0.05, 0) is 51.9 Å². The van der Waals surface area contributed by atoms with Crippen LogP contribution in [0.4, 0.5) is 0 Å². The summed E-state index contributed by atoms with van der Waals surface area (Å²) in [4.78, 5) is 13.8. The van der Waals surface area contributed by atoms with Crippen molar-refractivity contribution in [2.75, 3.05) is 19.7 Å². The summed E-state index contributed by atoms with van der Waals surface area (Å²) >= 11 is 5.25. The summed E-state index contributed by atoms with van der Waals surface area (Å²) in [5, 5.41) is 0.482. The van der Waals surface area contributed by atoms with Crippen molar-refractivity contribution in [1.29, 1.82) is 0 Å². The van der Waals surface area contributed by atoms with Crippen LogP contribution in [-0.2, 0) is 16.0 Å². The summed E-state index contributed by atoms with van der Waals surface area (Å²) in [7, 11) is 0. The van der Waals surface area contributed by atoms with E-state index in [0.29, 0.717) is 18.2 Å². The molecule has 1 aromatic carbocycles. The molecule has 1 atom stereocenters. The highest BCUT2D eigenvalue weighted by Gasteiger charge is 2.17. The molecule has 0 bridgehead atoms. The minimum absolute atomic E-state index is 0.137. The number of ether oxygens (including phenoxy) is 1. The van der Waals surface area contributed by atoms with Crippen LogP contribution in [0, 0.1) is 12.8 Å². The average molecular weight is 307 g/mol. The molecule has 21 heavy (non-hydrogen) atoms. The predicted octanol–water partition coefficient (Wildman–Crippen LogP) is 3.39. The topological polar surface area (TPSA) is 29.5 Å². The van der Waals surface area contributed by atoms with Crippen molar-refractivity contribution < 1.29 is 9.53 Å². The van der Waals surface area contributed by atoms with E-state index in [1.807, 2.05) is 18.7 Å². The maximum atomic E-state index is 11.8. The number of nitrogens with zero attached hydrogens (tertiary/aromatic N) is 1. The van der Waals surface area contributed by atoms with Gasteiger partial charge in [-0.25, -0.2) is 0 Å². The predicted molar refractivity (Wildman–Crippen MR) is 90.5 cm³/mol. The van der Waals surface area contributed by atoms with E-state index in [1.165, 1.54) is 5.56 Å². The molecule has 0 fully saturated rings. The van der Waals surface area contributed by atoms with Gasteiger partial charge in [-0.3, -0.25) is 4.79 Å². The highest BCUT2D eigenvalue weighted by Crippen LogP contribution is 2.12. The Hall–Kier alpha value is -1.42. The van der Waals surface area contributed by atoms with E-state index in [-0.39, 0.29) is 11.7 Å². The molecule has 1 aromatic rings. The van der Waals surface area contributed by atoms with Crippen LogP contribution in [0.5, 0.6) is 0 Å². The Morgan fingerprint density at radius 1 is 1.24 bits per heavy atom. The van der Waals surface area contributed by atoms with Gasteiger partial charge in [0, 0.05) is 13.1 Å². The van der Waals surface area contributed by atoms with Crippen LogP contribution in [-0.4, -0.2) is 35.6 Å². The van der Waals surface area contributed by atoms with E-state index in [1.54, 1.807) is 6.92 Å². The first-order valence-corrected chi connectivity index (χ1v) is 7.86. The molecule has 0 aliphatic heterocycles. The number of thiocarbonyl (C=S) groups is 1. The molecule has 1 rings (SSSR count). The standard InChI is InChI=1S/C17H25NO2S/c1-5-18(6-2)17(21)20-12-16(14(4)19)11-15-9-7-13(3)8-10-15/h7-10,16H,5-6,11-12H2,1-4H3. The number of hydrogen-bond donors (Lipinski definition) is 0. The molecule has 0 aliphatic carbocycles. The smallest absolute Gasteiger partial charge is 0.259 e. The van der Waals surface area contributed by atoms with Crippen LogP contribution in [0.1, 0.15) is 31.9 Å². The van der Waals surface area contributed by atoms with E-state index >= 15 is 0 Å². The van der Waals surface area contributed by atoms with Crippen LogP contribution in [0.15, 0.2) is 24.3 Å². The first-order valence-electron chi connectivity index (χ1n) is 7.45. The van der Waals surface area contributed by atoms with Gasteiger partial charge in [0.25, 0.3) is 5.17 Å². The number of aryl methyl sites for hydroxylation is 1. The third-order valence-corrected chi connectivity index (χ3v) is 3.98. The van der Waals surface area contributed by atoms with Gasteiger partial charge in [-0.1, -0.05) is 29.8 Å². The minimum atomic E-state index is -0.152. The van der Waals surface area contributed by atoms with Crippen molar-refractivity contribution >= 4 is 23.2 Å². The maximum absolute atomic E-state index is 11.8. The van der Waals surface area contributed by atoms with Crippen LogP contribution < -0.4 is 0 Å². The summed E-state index contributed by atoms with van der Waals surface area (Å²) in [6.07, 6.45) is 0.691. The van der Waals surface area contributed by atoms with Crippen LogP contribution in [0.2, 0.25) is 0 Å². The zero-order chi connectivity index (χ0) is 15.8. The van der Waals surface area contributed by atoms with Gasteiger partial charge >= 0.3 is 0 Å². The lowest BCUT2D eigenvalue weighted by Crippen LogP contribution is -2.33. The summed E-state index contributed by atoms with van der Waals surface area (Å²) in [6.45, 7) is 9.72. The SMILES string of the molecule is CCN(CC)C(=S)OCC(Cc1ccc(C)cc1)C(C)=O. The van der Waals surface area contributed by atoms with E-state index in [9.17, 15) is 4.79 Å². The molecule has 0 aromatic heterocycles. The normalized spacial score (nSPS) is 11.8. The Balaban J connectivity index is 2.60. The van der Waals surface area contributed by atoms with Gasteiger partial charge < -0.3 is 9.64 Å². The Morgan fingerprint density at radius 3 is 2.29 bits per heavy atom. The van der Waals surface area contributed by atoms with Crippen molar-refractivity contribution in [3.8, 4) is 0 Å². The lowest BCUT2D eigenvalue weighted by molar-refractivity contribution is -0.121. The Morgan fingerprint density at radius 2 is 1.81 bits per heavy atom. The highest BCUT2D eigenvalue weighted by atomic mass is 32.1. The third kappa shape index (κ3) is 5.84. The molecule has 0 radical (unpaired) electrons. The fourth-order valence-corrected chi connectivity index (χ4v) is 2.40. The zero-order valence-electron chi connectivity index (χ0n) is 13.4. The lowest BCUT2D eigenvalue weighted by atomic mass is 9.96. The Labute approximate surface area is 133 Å². The number of benzene rings is 1. The van der Waals surface area contributed by atoms with Gasteiger partial charge in [0.15, 0.2) is 0 Å². The molecule has 1 unspecified atom stereocenters. The molecular weight excluding hydrogens is 282 g/mol. The monoisotopic (exact) mass is 307 g/mol. The summed E-state index contributed by atoms with van der Waals surface area (Å²) in [5.74, 6) is -0.0147. The van der Waals surface area contributed by atoms with Crippen molar-refractivity contribution in [3.05, 3.63) is 35.4 Å². The van der Waals surface area contributed by atoms with Gasteiger partial charge in [-0.15, -0.1) is 0 Å². The van der Waals surface area contributed by atoms with Crippen molar-refractivity contribution in [1.82, 2.24) is 4.90 Å². The van der Waals surface area contributed by atoms with Crippen LogP contribution >= 0.6 is 12.2 Å². The van der Waals surface area contributed by atoms with Crippen molar-refractivity contribution in [2.24, 2.45) is 5.92 Å². The van der Waals surface area contributed by atoms with Gasteiger partial charge in [0.05, 0.1) is 5.92 Å². The zero-order valence-corrected chi connectivity index (χ0v) is 14.2. The second kappa shape index (κ2) is 8.78. The molecule has 0 amide bonds. The van der Waals surface area contributed by atoms with Gasteiger partial charge in [0.2, 0.25) is 0 Å². The second-order valence-electron chi connectivity index (χ2n) is 5.25. The molecule has 0 N–H and O–H groups in total. The number of ketones is 1. The average Bonchev–Trinajstić information content (AvgIpc) is 2.46. The van der Waals surface area contributed by atoms with E-state index in [2.05, 4.69) is 31.2 Å². The van der Waals surface area contributed by atoms with Crippen LogP contribution in [0.25, 0.3) is 0 Å². The summed E-state index contributed by atoms with van der Waals surface area (Å²) < 4.78 is 5.64. The molecule has 4 heteroatoms. The summed E-state index contributed by atoms with van der Waals surface area (Å²) in [5.41, 5.74) is 2.37. The molecule has 116 valence electrons. The fraction of sp³-hybridized carbons (Fsp3) is 0.529. The fourth-order valence-electron chi connectivity index (χ4n) is 2.07. The largest absolute Gasteiger partial charge is 0.470 e. The lowest BCUT2D eigenvalue weighted by Gasteiger charge is -2.23. The molecule has 0 aliphatic rings. The first kappa shape index (κ1) is 17.6. The van der Waals surface area contributed by atoms with Crippen molar-refractivity contribution in [3.63, 3.8) is 0 Å². The second-order valence-corrected chi connectivity index (χ2v) is 5.60. The molecule has 0 saturated carbocycles.